The van der Waals surface area contributed by atoms with E-state index in [1.54, 1.807) is 13.2 Å². The second-order valence-electron chi connectivity index (χ2n) is 4.68. The molecule has 0 radical (unpaired) electrons. The lowest BCUT2D eigenvalue weighted by Gasteiger charge is -2.10. The Morgan fingerprint density at radius 1 is 1.53 bits per heavy atom. The van der Waals surface area contributed by atoms with E-state index in [9.17, 15) is 9.59 Å². The molecule has 0 unspecified atom stereocenters. The van der Waals surface area contributed by atoms with Gasteiger partial charge in [-0.1, -0.05) is 13.8 Å². The van der Waals surface area contributed by atoms with Gasteiger partial charge in [0.15, 0.2) is 0 Å². The SMILES string of the molecule is CC(C)CNC(=O)CCNc1cnn(C)c(=O)c1Br. The van der Waals surface area contributed by atoms with Crippen LogP contribution in [0.25, 0.3) is 0 Å². The zero-order valence-corrected chi connectivity index (χ0v) is 13.0. The maximum Gasteiger partial charge on any atom is 0.282 e. The summed E-state index contributed by atoms with van der Waals surface area (Å²) < 4.78 is 1.66. The Hall–Kier alpha value is -1.37. The van der Waals surface area contributed by atoms with Gasteiger partial charge in [-0.3, -0.25) is 9.59 Å². The molecule has 0 aromatic carbocycles. The van der Waals surface area contributed by atoms with Crippen LogP contribution in [0.3, 0.4) is 0 Å². The van der Waals surface area contributed by atoms with Gasteiger partial charge in [0.2, 0.25) is 5.91 Å². The quantitative estimate of drug-likeness (QED) is 0.819. The summed E-state index contributed by atoms with van der Waals surface area (Å²) >= 11 is 3.21. The van der Waals surface area contributed by atoms with Gasteiger partial charge in [-0.15, -0.1) is 0 Å². The Bertz CT molecular complexity index is 499. The Morgan fingerprint density at radius 2 is 2.21 bits per heavy atom. The number of hydrogen-bond acceptors (Lipinski definition) is 4. The largest absolute Gasteiger partial charge is 0.382 e. The lowest BCUT2D eigenvalue weighted by atomic mass is 10.2. The fourth-order valence-electron chi connectivity index (χ4n) is 1.35. The third kappa shape index (κ3) is 5.02. The maximum atomic E-state index is 11.6. The highest BCUT2D eigenvalue weighted by Gasteiger charge is 2.07. The van der Waals surface area contributed by atoms with Gasteiger partial charge in [-0.25, -0.2) is 4.68 Å². The number of amides is 1. The summed E-state index contributed by atoms with van der Waals surface area (Å²) in [4.78, 5) is 23.1. The highest BCUT2D eigenvalue weighted by Crippen LogP contribution is 2.15. The summed E-state index contributed by atoms with van der Waals surface area (Å²) in [6.45, 7) is 5.22. The van der Waals surface area contributed by atoms with Gasteiger partial charge < -0.3 is 10.6 Å². The first-order valence-corrected chi connectivity index (χ1v) is 6.93. The van der Waals surface area contributed by atoms with Crippen LogP contribution in [-0.2, 0) is 11.8 Å². The second-order valence-corrected chi connectivity index (χ2v) is 5.47. The van der Waals surface area contributed by atoms with Crippen LogP contribution in [0.5, 0.6) is 0 Å². The van der Waals surface area contributed by atoms with E-state index in [0.717, 1.165) is 0 Å². The summed E-state index contributed by atoms with van der Waals surface area (Å²) in [5.74, 6) is 0.432. The van der Waals surface area contributed by atoms with Crippen LogP contribution in [0.15, 0.2) is 15.5 Å². The number of nitrogens with zero attached hydrogens (tertiary/aromatic N) is 2. The van der Waals surface area contributed by atoms with Crippen LogP contribution >= 0.6 is 15.9 Å². The van der Waals surface area contributed by atoms with E-state index in [0.29, 0.717) is 35.6 Å². The Morgan fingerprint density at radius 3 is 2.84 bits per heavy atom. The van der Waals surface area contributed by atoms with E-state index in [1.165, 1.54) is 4.68 Å². The predicted octanol–water partition coefficient (Wildman–Crippen LogP) is 1.12. The minimum Gasteiger partial charge on any atom is -0.382 e. The van der Waals surface area contributed by atoms with Gasteiger partial charge in [0.1, 0.15) is 4.47 Å². The molecule has 0 fully saturated rings. The molecule has 2 N–H and O–H groups in total. The third-order valence-corrected chi connectivity index (χ3v) is 3.22. The molecule has 1 rings (SSSR count). The molecule has 0 aliphatic rings. The Kier molecular flexibility index (Phi) is 6.01. The van der Waals surface area contributed by atoms with Gasteiger partial charge in [0, 0.05) is 26.6 Å². The van der Waals surface area contributed by atoms with E-state index < -0.39 is 0 Å². The highest BCUT2D eigenvalue weighted by atomic mass is 79.9. The molecule has 0 saturated heterocycles. The number of halogens is 1. The molecule has 1 amide bonds. The van der Waals surface area contributed by atoms with Crippen LogP contribution in [0.4, 0.5) is 5.69 Å². The fraction of sp³-hybridized carbons (Fsp3) is 0.583. The Balaban J connectivity index is 2.44. The molecule has 0 aliphatic heterocycles. The van der Waals surface area contributed by atoms with Crippen LogP contribution in [0.2, 0.25) is 0 Å². The molecule has 1 aromatic heterocycles. The molecule has 0 aliphatic carbocycles. The van der Waals surface area contributed by atoms with Gasteiger partial charge >= 0.3 is 0 Å². The number of aryl methyl sites for hydroxylation is 1. The van der Waals surface area contributed by atoms with Crippen molar-refractivity contribution >= 4 is 27.5 Å². The van der Waals surface area contributed by atoms with Crippen molar-refractivity contribution in [3.8, 4) is 0 Å². The lowest BCUT2D eigenvalue weighted by molar-refractivity contribution is -0.120. The standard InChI is InChI=1S/C12H19BrN4O2/c1-8(2)6-15-10(18)4-5-14-9-7-16-17(3)12(19)11(9)13/h7-8,14H,4-6H2,1-3H3,(H,15,18). The Labute approximate surface area is 120 Å². The first-order valence-electron chi connectivity index (χ1n) is 6.14. The van der Waals surface area contributed by atoms with E-state index in [2.05, 4.69) is 31.7 Å². The van der Waals surface area contributed by atoms with Crippen molar-refractivity contribution in [3.05, 3.63) is 21.0 Å². The van der Waals surface area contributed by atoms with Crippen LogP contribution < -0.4 is 16.2 Å². The topological polar surface area (TPSA) is 76.0 Å². The predicted molar refractivity (Wildman–Crippen MR) is 78.1 cm³/mol. The molecule has 1 heterocycles. The second kappa shape index (κ2) is 7.28. The van der Waals surface area contributed by atoms with Crippen LogP contribution in [0.1, 0.15) is 20.3 Å². The molecular formula is C12H19BrN4O2. The van der Waals surface area contributed by atoms with Gasteiger partial charge in [0.25, 0.3) is 5.56 Å². The van der Waals surface area contributed by atoms with Crippen LogP contribution in [0, 0.1) is 5.92 Å². The minimum absolute atomic E-state index is 0.00545. The third-order valence-electron chi connectivity index (χ3n) is 2.45. The van der Waals surface area contributed by atoms with Crippen molar-refractivity contribution in [2.45, 2.75) is 20.3 Å². The summed E-state index contributed by atoms with van der Waals surface area (Å²) in [5.41, 5.74) is 0.383. The first-order chi connectivity index (χ1) is 8.91. The van der Waals surface area contributed by atoms with Crippen molar-refractivity contribution in [1.29, 1.82) is 0 Å². The van der Waals surface area contributed by atoms with E-state index in [-0.39, 0.29) is 11.5 Å². The summed E-state index contributed by atoms with van der Waals surface area (Å²) in [6, 6.07) is 0. The van der Waals surface area contributed by atoms with Crippen molar-refractivity contribution in [2.75, 3.05) is 18.4 Å². The molecule has 106 valence electrons. The number of rotatable bonds is 6. The maximum absolute atomic E-state index is 11.6. The lowest BCUT2D eigenvalue weighted by Crippen LogP contribution is -2.29. The average molecular weight is 331 g/mol. The van der Waals surface area contributed by atoms with Crippen molar-refractivity contribution < 1.29 is 4.79 Å². The first kappa shape index (κ1) is 15.7. The van der Waals surface area contributed by atoms with Crippen LogP contribution in [-0.4, -0.2) is 28.8 Å². The summed E-state index contributed by atoms with van der Waals surface area (Å²) in [5, 5.41) is 9.76. The summed E-state index contributed by atoms with van der Waals surface area (Å²) in [6.07, 6.45) is 1.91. The normalized spacial score (nSPS) is 10.6. The van der Waals surface area contributed by atoms with E-state index >= 15 is 0 Å². The molecule has 7 heteroatoms. The number of aromatic nitrogens is 2. The van der Waals surface area contributed by atoms with Gasteiger partial charge in [-0.2, -0.15) is 5.10 Å². The highest BCUT2D eigenvalue weighted by molar-refractivity contribution is 9.10. The average Bonchev–Trinajstić information content (AvgIpc) is 2.36. The van der Waals surface area contributed by atoms with Crippen molar-refractivity contribution in [3.63, 3.8) is 0 Å². The monoisotopic (exact) mass is 330 g/mol. The van der Waals surface area contributed by atoms with Gasteiger partial charge in [0.05, 0.1) is 11.9 Å². The van der Waals surface area contributed by atoms with Crippen molar-refractivity contribution in [2.24, 2.45) is 13.0 Å². The number of hydrogen-bond donors (Lipinski definition) is 2. The molecule has 0 spiro atoms. The minimum atomic E-state index is -0.214. The van der Waals surface area contributed by atoms with Crippen molar-refractivity contribution in [1.82, 2.24) is 15.1 Å². The number of carbonyl (C=O) groups is 1. The summed E-state index contributed by atoms with van der Waals surface area (Å²) in [7, 11) is 1.58. The zero-order chi connectivity index (χ0) is 14.4. The van der Waals surface area contributed by atoms with Gasteiger partial charge in [-0.05, 0) is 21.8 Å². The number of carbonyl (C=O) groups excluding carboxylic acids is 1. The van der Waals surface area contributed by atoms with E-state index in [1.807, 2.05) is 13.8 Å². The molecule has 0 bridgehead atoms. The molecule has 0 atom stereocenters. The number of anilines is 1. The van der Waals surface area contributed by atoms with E-state index in [4.69, 9.17) is 0 Å². The number of nitrogens with one attached hydrogen (secondary N) is 2. The molecular weight excluding hydrogens is 312 g/mol. The molecule has 6 nitrogen and oxygen atoms in total. The smallest absolute Gasteiger partial charge is 0.282 e. The fourth-order valence-corrected chi connectivity index (χ4v) is 1.85. The molecule has 0 saturated carbocycles. The molecule has 1 aromatic rings. The zero-order valence-electron chi connectivity index (χ0n) is 11.4. The molecule has 19 heavy (non-hydrogen) atoms.